The number of primary sulfonamides is 1. The minimum atomic E-state index is -4.26. The Morgan fingerprint density at radius 2 is 1.93 bits per heavy atom. The molecular weight excluding hydrogens is 402 g/mol. The Morgan fingerprint density at radius 1 is 1.21 bits per heavy atom. The Morgan fingerprint density at radius 3 is 2.59 bits per heavy atom. The minimum Gasteiger partial charge on any atom is -0.358 e. The molecule has 148 valence electrons. The monoisotopic (exact) mass is 416 g/mol. The maximum absolute atomic E-state index is 14.1. The lowest BCUT2D eigenvalue weighted by molar-refractivity contribution is 0.568. The van der Waals surface area contributed by atoms with E-state index in [0.717, 1.165) is 18.3 Å². The second-order valence-corrected chi connectivity index (χ2v) is 7.40. The number of hydrogen-bond donors (Lipinski definition) is 3. The summed E-state index contributed by atoms with van der Waals surface area (Å²) in [4.78, 5) is 7.11. The van der Waals surface area contributed by atoms with Gasteiger partial charge in [0.15, 0.2) is 11.6 Å². The lowest BCUT2D eigenvalue weighted by Gasteiger charge is -2.16. The Kier molecular flexibility index (Phi) is 5.67. The Labute approximate surface area is 165 Å². The number of benzene rings is 1. The first-order valence-corrected chi connectivity index (χ1v) is 9.65. The van der Waals surface area contributed by atoms with E-state index >= 15 is 0 Å². The van der Waals surface area contributed by atoms with Crippen molar-refractivity contribution in [3.63, 3.8) is 0 Å². The number of nitrogens with zero attached hydrogens (tertiary/aromatic N) is 3. The van der Waals surface area contributed by atoms with Crippen molar-refractivity contribution in [3.05, 3.63) is 72.0 Å². The van der Waals surface area contributed by atoms with Crippen molar-refractivity contribution in [3.8, 4) is 6.07 Å². The van der Waals surface area contributed by atoms with Gasteiger partial charge in [-0.25, -0.2) is 27.3 Å². The summed E-state index contributed by atoms with van der Waals surface area (Å²) in [7, 11) is -4.26. The summed E-state index contributed by atoms with van der Waals surface area (Å²) in [6.45, 7) is 0. The van der Waals surface area contributed by atoms with Gasteiger partial charge in [0.1, 0.15) is 10.7 Å². The number of anilines is 3. The normalized spacial score (nSPS) is 15.7. The summed E-state index contributed by atoms with van der Waals surface area (Å²) in [5, 5.41) is 19.1. The molecule has 8 nitrogen and oxygen atoms in total. The van der Waals surface area contributed by atoms with Crippen molar-refractivity contribution in [2.75, 3.05) is 10.6 Å². The summed E-state index contributed by atoms with van der Waals surface area (Å²) in [6, 6.07) is 4.72. The van der Waals surface area contributed by atoms with Crippen LogP contribution in [0.25, 0.3) is 0 Å². The zero-order chi connectivity index (χ0) is 21.0. The highest BCUT2D eigenvalue weighted by Gasteiger charge is 2.16. The van der Waals surface area contributed by atoms with Gasteiger partial charge in [-0.2, -0.15) is 10.2 Å². The topological polar surface area (TPSA) is 134 Å². The van der Waals surface area contributed by atoms with E-state index in [4.69, 9.17) is 10.4 Å². The van der Waals surface area contributed by atoms with Crippen molar-refractivity contribution in [1.29, 1.82) is 5.26 Å². The van der Waals surface area contributed by atoms with E-state index < -0.39 is 26.6 Å². The first kappa shape index (κ1) is 20.1. The number of rotatable bonds is 5. The Hall–Kier alpha value is -3.62. The van der Waals surface area contributed by atoms with Crippen LogP contribution in [-0.2, 0) is 10.0 Å². The number of nitriles is 1. The van der Waals surface area contributed by atoms with Gasteiger partial charge in [0.25, 0.3) is 0 Å². The zero-order valence-corrected chi connectivity index (χ0v) is 15.5. The first-order valence-electron chi connectivity index (χ1n) is 8.11. The molecule has 1 aromatic carbocycles. The van der Waals surface area contributed by atoms with E-state index in [1.165, 1.54) is 12.1 Å². The van der Waals surface area contributed by atoms with E-state index in [1.807, 2.05) is 6.07 Å². The van der Waals surface area contributed by atoms with Crippen LogP contribution in [-0.4, -0.2) is 24.4 Å². The molecule has 4 N–H and O–H groups in total. The van der Waals surface area contributed by atoms with Crippen molar-refractivity contribution in [2.24, 2.45) is 5.14 Å². The molecule has 3 rings (SSSR count). The van der Waals surface area contributed by atoms with Crippen molar-refractivity contribution < 1.29 is 17.2 Å². The number of nitrogens with two attached hydrogens (primary N) is 1. The molecule has 0 saturated heterocycles. The van der Waals surface area contributed by atoms with Gasteiger partial charge in [0.05, 0.1) is 18.3 Å². The van der Waals surface area contributed by atoms with E-state index in [0.29, 0.717) is 5.57 Å². The molecule has 0 amide bonds. The molecule has 1 aromatic heterocycles. The highest BCUT2D eigenvalue weighted by atomic mass is 32.2. The van der Waals surface area contributed by atoms with Crippen molar-refractivity contribution in [1.82, 2.24) is 9.97 Å². The van der Waals surface area contributed by atoms with Crippen molar-refractivity contribution >= 4 is 27.5 Å². The summed E-state index contributed by atoms with van der Waals surface area (Å²) in [5.74, 6) is -1.86. The third kappa shape index (κ3) is 5.01. The number of hydrogen-bond acceptors (Lipinski definition) is 7. The average molecular weight is 416 g/mol. The highest BCUT2D eigenvalue weighted by Crippen LogP contribution is 2.22. The third-order valence-corrected chi connectivity index (χ3v) is 4.69. The molecule has 1 aliphatic carbocycles. The predicted molar refractivity (Wildman–Crippen MR) is 102 cm³/mol. The first-order chi connectivity index (χ1) is 13.8. The quantitative estimate of drug-likeness (QED) is 0.638. The van der Waals surface area contributed by atoms with Gasteiger partial charge in [-0.15, -0.1) is 0 Å². The molecule has 2 aromatic rings. The second-order valence-electron chi connectivity index (χ2n) is 5.87. The molecule has 0 bridgehead atoms. The Bertz CT molecular complexity index is 1170. The van der Waals surface area contributed by atoms with Crippen molar-refractivity contribution in [2.45, 2.75) is 10.9 Å². The number of nitrogens with one attached hydrogen (secondary N) is 2. The lowest BCUT2D eigenvalue weighted by Crippen LogP contribution is -2.18. The second kappa shape index (κ2) is 8.17. The fourth-order valence-electron chi connectivity index (χ4n) is 2.43. The van der Waals surface area contributed by atoms with Crippen LogP contribution in [0, 0.1) is 23.0 Å². The lowest BCUT2D eigenvalue weighted by atomic mass is 10.1. The van der Waals surface area contributed by atoms with Crippen LogP contribution < -0.4 is 15.8 Å². The van der Waals surface area contributed by atoms with Crippen LogP contribution in [0.5, 0.6) is 0 Å². The van der Waals surface area contributed by atoms with E-state index in [9.17, 15) is 17.2 Å². The van der Waals surface area contributed by atoms with Crippen LogP contribution in [0.4, 0.5) is 26.2 Å². The summed E-state index contributed by atoms with van der Waals surface area (Å²) >= 11 is 0. The molecule has 1 heterocycles. The van der Waals surface area contributed by atoms with Crippen LogP contribution in [0.3, 0.4) is 0 Å². The smallest absolute Gasteiger partial charge is 0.241 e. The largest absolute Gasteiger partial charge is 0.358 e. The molecular formula is C18H14F2N6O2S. The summed E-state index contributed by atoms with van der Waals surface area (Å²) in [5.41, 5.74) is 0.856. The van der Waals surface area contributed by atoms with Crippen LogP contribution in [0.1, 0.15) is 0 Å². The third-order valence-electron chi connectivity index (χ3n) is 3.76. The minimum absolute atomic E-state index is 0.0466. The van der Waals surface area contributed by atoms with E-state index in [1.54, 1.807) is 24.3 Å². The molecule has 0 fully saturated rings. The predicted octanol–water partition coefficient (Wildman–Crippen LogP) is 2.50. The van der Waals surface area contributed by atoms with Gasteiger partial charge in [-0.3, -0.25) is 0 Å². The SMILES string of the molecule is N#CC=C1C=CC(Nc2nc(Nc3ccc(F)c(S(N)(=O)=O)c3)ncc2F)C=C1. The number of sulfonamides is 1. The maximum atomic E-state index is 14.1. The highest BCUT2D eigenvalue weighted by molar-refractivity contribution is 7.89. The molecule has 1 aliphatic rings. The molecule has 0 spiro atoms. The van der Waals surface area contributed by atoms with Crippen LogP contribution in [0.15, 0.2) is 65.2 Å². The Balaban J connectivity index is 1.80. The molecule has 0 atom stereocenters. The maximum Gasteiger partial charge on any atom is 0.241 e. The standard InChI is InChI=1S/C18H14F2N6O2S/c19-14-6-5-13(9-16(14)29(22,27)28)25-18-23-10-15(20)17(26-18)24-12-3-1-11(2-4-12)7-8-21/h1-7,9-10,12H,(H2,22,27,28)(H2,23,24,25,26). The fourth-order valence-corrected chi connectivity index (χ4v) is 3.06. The molecule has 0 aliphatic heterocycles. The van der Waals surface area contributed by atoms with Gasteiger partial charge >= 0.3 is 0 Å². The van der Waals surface area contributed by atoms with E-state index in [-0.39, 0.29) is 23.5 Å². The van der Waals surface area contributed by atoms with Gasteiger partial charge in [-0.1, -0.05) is 24.3 Å². The molecule has 0 saturated carbocycles. The summed E-state index contributed by atoms with van der Waals surface area (Å²) < 4.78 is 50.6. The molecule has 0 unspecified atom stereocenters. The molecule has 0 radical (unpaired) electrons. The van der Waals surface area contributed by atoms with Gasteiger partial charge in [-0.05, 0) is 23.8 Å². The number of aromatic nitrogens is 2. The van der Waals surface area contributed by atoms with Crippen LogP contribution in [0.2, 0.25) is 0 Å². The fraction of sp³-hybridized carbons (Fsp3) is 0.0556. The van der Waals surface area contributed by atoms with Gasteiger partial charge < -0.3 is 10.6 Å². The van der Waals surface area contributed by atoms with Crippen LogP contribution >= 0.6 is 0 Å². The number of halogens is 2. The van der Waals surface area contributed by atoms with Gasteiger partial charge in [0.2, 0.25) is 16.0 Å². The zero-order valence-electron chi connectivity index (χ0n) is 14.7. The molecule has 29 heavy (non-hydrogen) atoms. The average Bonchev–Trinajstić information content (AvgIpc) is 2.67. The van der Waals surface area contributed by atoms with E-state index in [2.05, 4.69) is 20.6 Å². The van der Waals surface area contributed by atoms with Gasteiger partial charge in [0, 0.05) is 11.8 Å². The number of allylic oxidation sites excluding steroid dienone is 4. The molecule has 11 heteroatoms. The summed E-state index contributed by atoms with van der Waals surface area (Å²) in [6.07, 6.45) is 9.14.